The number of aliphatic hydroxyl groups is 1. The van der Waals surface area contributed by atoms with Gasteiger partial charge in [-0.25, -0.2) is 0 Å². The molecule has 18 heavy (non-hydrogen) atoms. The number of aliphatic hydroxyl groups excluding tert-OH is 1. The van der Waals surface area contributed by atoms with Gasteiger partial charge in [-0.15, -0.1) is 0 Å². The standard InChI is InChI=1S/C15H25NO.ClH/c1-2-3-4-8-11-15(17)13-16-12-14-9-6-5-7-10-14;/h5-7,9-10,15-17H,2-4,8,11-13H2,1H3;1H. The largest absolute Gasteiger partial charge is 1.00 e. The predicted octanol–water partition coefficient (Wildman–Crippen LogP) is -0.915. The Labute approximate surface area is 117 Å². The Morgan fingerprint density at radius 1 is 1.11 bits per heavy atom. The van der Waals surface area contributed by atoms with Crippen molar-refractivity contribution >= 4 is 0 Å². The van der Waals surface area contributed by atoms with Crippen molar-refractivity contribution in [3.8, 4) is 0 Å². The fourth-order valence-electron chi connectivity index (χ4n) is 1.98. The summed E-state index contributed by atoms with van der Waals surface area (Å²) in [5.74, 6) is 0. The van der Waals surface area contributed by atoms with E-state index in [4.69, 9.17) is 0 Å². The summed E-state index contributed by atoms with van der Waals surface area (Å²) in [5, 5.41) is 12.0. The van der Waals surface area contributed by atoms with E-state index in [1.807, 2.05) is 6.07 Å². The van der Waals surface area contributed by atoms with Gasteiger partial charge in [0.2, 0.25) is 0 Å². The van der Waals surface area contributed by atoms with Crippen molar-refractivity contribution in [2.24, 2.45) is 0 Å². The summed E-state index contributed by atoms with van der Waals surface area (Å²) in [7, 11) is 0. The highest BCUT2D eigenvalue weighted by atomic mass is 35.5. The summed E-state index contributed by atoms with van der Waals surface area (Å²) in [6.07, 6.45) is 5.78. The number of hydrogen-bond donors (Lipinski definition) is 2. The van der Waals surface area contributed by atoms with E-state index in [0.29, 0.717) is 0 Å². The summed E-state index contributed by atoms with van der Waals surface area (Å²) < 4.78 is 0. The van der Waals surface area contributed by atoms with Gasteiger partial charge in [0.25, 0.3) is 0 Å². The van der Waals surface area contributed by atoms with Gasteiger partial charge in [0.15, 0.2) is 0 Å². The van der Waals surface area contributed by atoms with E-state index in [1.54, 1.807) is 0 Å². The highest BCUT2D eigenvalue weighted by molar-refractivity contribution is 5.12. The lowest BCUT2D eigenvalue weighted by Gasteiger charge is -2.09. The number of benzene rings is 1. The van der Waals surface area contributed by atoms with E-state index in [2.05, 4.69) is 36.5 Å². The average Bonchev–Trinajstić information content (AvgIpc) is 2.36. The van der Waals surface area contributed by atoms with Crippen molar-refractivity contribution < 1.29 is 22.8 Å². The summed E-state index contributed by atoms with van der Waals surface area (Å²) >= 11 is 0. The van der Waals surface area contributed by atoms with Crippen LogP contribution in [0.15, 0.2) is 30.3 Å². The summed E-state index contributed by atoms with van der Waals surface area (Å²) in [5.41, 5.74) is 1.32. The van der Waals surface area contributed by atoms with Crippen LogP contribution in [-0.2, 0) is 6.54 Å². The maximum absolute atomic E-state index is 9.80. The minimum absolute atomic E-state index is 0. The van der Waals surface area contributed by atoms with E-state index in [-0.39, 0.29) is 18.5 Å². The molecule has 1 unspecified atom stereocenters. The molecule has 0 radical (unpaired) electrons. The minimum Gasteiger partial charge on any atom is -1.00 e. The number of unbranched alkanes of at least 4 members (excludes halogenated alkanes) is 3. The van der Waals surface area contributed by atoms with Crippen LogP contribution in [-0.4, -0.2) is 17.8 Å². The molecule has 0 heterocycles. The Kier molecular flexibility index (Phi) is 11.2. The fourth-order valence-corrected chi connectivity index (χ4v) is 1.98. The third-order valence-electron chi connectivity index (χ3n) is 3.05. The molecule has 1 rings (SSSR count). The van der Waals surface area contributed by atoms with Crippen molar-refractivity contribution in [3.63, 3.8) is 0 Å². The van der Waals surface area contributed by atoms with E-state index in [1.165, 1.54) is 24.8 Å². The van der Waals surface area contributed by atoms with E-state index >= 15 is 0 Å². The first-order chi connectivity index (χ1) is 8.33. The highest BCUT2D eigenvalue weighted by Crippen LogP contribution is 2.04. The summed E-state index contributed by atoms with van der Waals surface area (Å²) in [4.78, 5) is 0. The van der Waals surface area contributed by atoms with Crippen LogP contribution in [0.25, 0.3) is 0 Å². The van der Waals surface area contributed by atoms with Crippen LogP contribution in [0.5, 0.6) is 0 Å². The molecule has 3 heteroatoms. The highest BCUT2D eigenvalue weighted by Gasteiger charge is 2.05. The lowest BCUT2D eigenvalue weighted by Crippen LogP contribution is -3.00. The third kappa shape index (κ3) is 8.51. The number of quaternary nitrogens is 1. The zero-order chi connectivity index (χ0) is 12.3. The maximum atomic E-state index is 9.80. The molecule has 1 atom stereocenters. The molecule has 0 saturated heterocycles. The van der Waals surface area contributed by atoms with Crippen LogP contribution < -0.4 is 17.7 Å². The van der Waals surface area contributed by atoms with Gasteiger partial charge in [-0.2, -0.15) is 0 Å². The SMILES string of the molecule is CCCCCCC(O)C[NH2+]Cc1ccccc1.[Cl-]. The molecule has 104 valence electrons. The third-order valence-corrected chi connectivity index (χ3v) is 3.05. The van der Waals surface area contributed by atoms with Gasteiger partial charge in [0, 0.05) is 5.56 Å². The molecular formula is C15H26ClNO. The first-order valence-corrected chi connectivity index (χ1v) is 6.86. The summed E-state index contributed by atoms with van der Waals surface area (Å²) in [6.45, 7) is 4.00. The van der Waals surface area contributed by atoms with Crippen molar-refractivity contribution in [1.82, 2.24) is 0 Å². The Bertz CT molecular complexity index is 279. The Balaban J connectivity index is 0.00000289. The molecule has 0 aliphatic rings. The second-order valence-corrected chi connectivity index (χ2v) is 4.72. The molecule has 0 aromatic heterocycles. The number of halogens is 1. The van der Waals surface area contributed by atoms with E-state index < -0.39 is 0 Å². The second kappa shape index (κ2) is 11.5. The lowest BCUT2D eigenvalue weighted by atomic mass is 10.1. The minimum atomic E-state index is -0.143. The average molecular weight is 272 g/mol. The first kappa shape index (κ1) is 17.4. The molecule has 3 N–H and O–H groups in total. The normalized spacial score (nSPS) is 11.9. The van der Waals surface area contributed by atoms with E-state index in [9.17, 15) is 5.11 Å². The van der Waals surface area contributed by atoms with Gasteiger partial charge < -0.3 is 22.8 Å². The number of hydrogen-bond acceptors (Lipinski definition) is 1. The van der Waals surface area contributed by atoms with E-state index in [0.717, 1.165) is 25.9 Å². The molecule has 0 amide bonds. The molecule has 1 aromatic carbocycles. The number of nitrogens with two attached hydrogens (primary N) is 1. The molecule has 0 aliphatic heterocycles. The second-order valence-electron chi connectivity index (χ2n) is 4.72. The van der Waals surface area contributed by atoms with Crippen molar-refractivity contribution in [1.29, 1.82) is 0 Å². The van der Waals surface area contributed by atoms with Gasteiger partial charge in [-0.1, -0.05) is 62.9 Å². The molecule has 0 spiro atoms. The van der Waals surface area contributed by atoms with Crippen molar-refractivity contribution in [2.45, 2.75) is 51.7 Å². The van der Waals surface area contributed by atoms with Crippen LogP contribution >= 0.6 is 0 Å². The van der Waals surface area contributed by atoms with Gasteiger partial charge in [-0.3, -0.25) is 0 Å². The van der Waals surface area contributed by atoms with Gasteiger partial charge in [0.1, 0.15) is 19.2 Å². The molecule has 0 fully saturated rings. The Morgan fingerprint density at radius 3 is 2.50 bits per heavy atom. The quantitative estimate of drug-likeness (QED) is 0.561. The predicted molar refractivity (Wildman–Crippen MR) is 71.7 cm³/mol. The van der Waals surface area contributed by atoms with Crippen molar-refractivity contribution in [2.75, 3.05) is 6.54 Å². The molecule has 1 aromatic rings. The Hall–Kier alpha value is -0.570. The molecule has 0 bridgehead atoms. The smallest absolute Gasteiger partial charge is 0.103 e. The molecular weight excluding hydrogens is 246 g/mol. The van der Waals surface area contributed by atoms with Crippen LogP contribution in [0.4, 0.5) is 0 Å². The van der Waals surface area contributed by atoms with Crippen LogP contribution in [0.3, 0.4) is 0 Å². The summed E-state index contributed by atoms with van der Waals surface area (Å²) in [6, 6.07) is 10.4. The molecule has 0 saturated carbocycles. The van der Waals surface area contributed by atoms with Crippen LogP contribution in [0.1, 0.15) is 44.6 Å². The monoisotopic (exact) mass is 271 g/mol. The van der Waals surface area contributed by atoms with Crippen LogP contribution in [0.2, 0.25) is 0 Å². The van der Waals surface area contributed by atoms with Gasteiger partial charge in [-0.05, 0) is 6.42 Å². The molecule has 0 aliphatic carbocycles. The van der Waals surface area contributed by atoms with Crippen LogP contribution in [0, 0.1) is 0 Å². The first-order valence-electron chi connectivity index (χ1n) is 6.86. The van der Waals surface area contributed by atoms with Gasteiger partial charge in [0.05, 0.1) is 0 Å². The van der Waals surface area contributed by atoms with Crippen molar-refractivity contribution in [3.05, 3.63) is 35.9 Å². The Morgan fingerprint density at radius 2 is 1.83 bits per heavy atom. The fraction of sp³-hybridized carbons (Fsp3) is 0.600. The lowest BCUT2D eigenvalue weighted by molar-refractivity contribution is -0.676. The zero-order valence-electron chi connectivity index (χ0n) is 11.3. The van der Waals surface area contributed by atoms with Gasteiger partial charge >= 0.3 is 0 Å². The molecule has 2 nitrogen and oxygen atoms in total. The zero-order valence-corrected chi connectivity index (χ0v) is 12.1. The topological polar surface area (TPSA) is 36.8 Å². The maximum Gasteiger partial charge on any atom is 0.103 e. The number of rotatable bonds is 9.